The van der Waals surface area contributed by atoms with Gasteiger partial charge in [-0.15, -0.1) is 0 Å². The standard InChI is InChI=1S/C23H24F4N4O2/c24-19-8-15(4-5-18(19)23(25,26)27)22(32)31-7-1-6-30-13-17(9-16(30)12-31)33-21-11-28-20(10-29-21)14-2-3-14/h4-5,8,10-11,14,16-17H,1-3,6-7,9,12-13H2/t16-,17+/m1/s1. The molecule has 2 aliphatic heterocycles. The number of rotatable bonds is 4. The van der Waals surface area contributed by atoms with E-state index in [1.54, 1.807) is 17.3 Å². The Hall–Kier alpha value is -2.75. The first kappa shape index (κ1) is 22.1. The van der Waals surface area contributed by atoms with Crippen LogP contribution in [0.2, 0.25) is 0 Å². The maximum Gasteiger partial charge on any atom is 0.419 e. The molecule has 5 rings (SSSR count). The van der Waals surface area contributed by atoms with Crippen LogP contribution in [0.4, 0.5) is 17.6 Å². The summed E-state index contributed by atoms with van der Waals surface area (Å²) < 4.78 is 58.5. The second-order valence-corrected chi connectivity index (χ2v) is 8.98. The first-order valence-corrected chi connectivity index (χ1v) is 11.2. The number of carbonyl (C=O) groups is 1. The van der Waals surface area contributed by atoms with E-state index in [1.807, 2.05) is 0 Å². The molecule has 3 heterocycles. The Morgan fingerprint density at radius 2 is 1.91 bits per heavy atom. The molecule has 1 aromatic carbocycles. The topological polar surface area (TPSA) is 58.6 Å². The maximum atomic E-state index is 14.0. The van der Waals surface area contributed by atoms with E-state index < -0.39 is 23.5 Å². The highest BCUT2D eigenvalue weighted by Gasteiger charge is 2.38. The van der Waals surface area contributed by atoms with E-state index in [9.17, 15) is 22.4 Å². The van der Waals surface area contributed by atoms with Gasteiger partial charge in [-0.25, -0.2) is 9.37 Å². The number of amides is 1. The summed E-state index contributed by atoms with van der Waals surface area (Å²) in [4.78, 5) is 25.6. The third kappa shape index (κ3) is 4.80. The Morgan fingerprint density at radius 3 is 2.58 bits per heavy atom. The molecule has 3 aliphatic rings. The molecule has 1 aliphatic carbocycles. The lowest BCUT2D eigenvalue weighted by Crippen LogP contribution is -2.39. The van der Waals surface area contributed by atoms with E-state index in [1.165, 1.54) is 0 Å². The van der Waals surface area contributed by atoms with Crippen molar-refractivity contribution in [1.29, 1.82) is 0 Å². The fourth-order valence-electron chi connectivity index (χ4n) is 4.69. The van der Waals surface area contributed by atoms with Crippen molar-refractivity contribution in [3.8, 4) is 5.88 Å². The molecule has 1 saturated carbocycles. The largest absolute Gasteiger partial charge is 0.472 e. The molecular formula is C23H24F4N4O2. The second kappa shape index (κ2) is 8.55. The molecule has 176 valence electrons. The molecule has 6 nitrogen and oxygen atoms in total. The molecule has 2 atom stereocenters. The summed E-state index contributed by atoms with van der Waals surface area (Å²) in [6, 6.07) is 2.40. The van der Waals surface area contributed by atoms with Crippen LogP contribution in [0.15, 0.2) is 30.6 Å². The zero-order valence-electron chi connectivity index (χ0n) is 17.9. The fourth-order valence-corrected chi connectivity index (χ4v) is 4.69. The van der Waals surface area contributed by atoms with Crippen LogP contribution in [0, 0.1) is 5.82 Å². The van der Waals surface area contributed by atoms with E-state index in [0.29, 0.717) is 56.4 Å². The van der Waals surface area contributed by atoms with Crippen LogP contribution in [-0.4, -0.2) is 64.0 Å². The molecule has 1 amide bonds. The lowest BCUT2D eigenvalue weighted by atomic mass is 10.1. The number of aromatic nitrogens is 2. The van der Waals surface area contributed by atoms with E-state index in [2.05, 4.69) is 14.9 Å². The molecule has 0 unspecified atom stereocenters. The Bertz CT molecular complexity index is 1030. The Kier molecular flexibility index (Phi) is 5.72. The summed E-state index contributed by atoms with van der Waals surface area (Å²) in [5.41, 5.74) is -0.451. The molecule has 0 radical (unpaired) electrons. The summed E-state index contributed by atoms with van der Waals surface area (Å²) in [6.45, 7) is 2.36. The van der Waals surface area contributed by atoms with Gasteiger partial charge in [0.25, 0.3) is 5.91 Å². The summed E-state index contributed by atoms with van der Waals surface area (Å²) >= 11 is 0. The van der Waals surface area contributed by atoms with Gasteiger partial charge in [-0.05, 0) is 37.5 Å². The van der Waals surface area contributed by atoms with Gasteiger partial charge in [-0.2, -0.15) is 13.2 Å². The second-order valence-electron chi connectivity index (χ2n) is 8.98. The fraction of sp³-hybridized carbons (Fsp3) is 0.522. The number of hydrogen-bond acceptors (Lipinski definition) is 5. The monoisotopic (exact) mass is 464 g/mol. The van der Waals surface area contributed by atoms with Gasteiger partial charge in [0.2, 0.25) is 5.88 Å². The predicted molar refractivity (Wildman–Crippen MR) is 110 cm³/mol. The quantitative estimate of drug-likeness (QED) is 0.643. The summed E-state index contributed by atoms with van der Waals surface area (Å²) in [5.74, 6) is -0.893. The highest BCUT2D eigenvalue weighted by Crippen LogP contribution is 2.38. The van der Waals surface area contributed by atoms with Crippen molar-refractivity contribution in [3.63, 3.8) is 0 Å². The van der Waals surface area contributed by atoms with Gasteiger partial charge in [0, 0.05) is 50.1 Å². The lowest BCUT2D eigenvalue weighted by molar-refractivity contribution is -0.140. The van der Waals surface area contributed by atoms with E-state index in [-0.39, 0.29) is 17.7 Å². The summed E-state index contributed by atoms with van der Waals surface area (Å²) in [7, 11) is 0. The smallest absolute Gasteiger partial charge is 0.419 e. The van der Waals surface area contributed by atoms with Gasteiger partial charge in [-0.3, -0.25) is 14.7 Å². The van der Waals surface area contributed by atoms with Crippen LogP contribution < -0.4 is 4.74 Å². The van der Waals surface area contributed by atoms with Crippen LogP contribution in [0.1, 0.15) is 53.2 Å². The number of benzene rings is 1. The number of hydrogen-bond donors (Lipinski definition) is 0. The van der Waals surface area contributed by atoms with Gasteiger partial charge in [0.15, 0.2) is 0 Å². The van der Waals surface area contributed by atoms with Gasteiger partial charge in [0.1, 0.15) is 11.9 Å². The van der Waals surface area contributed by atoms with E-state index in [0.717, 1.165) is 31.1 Å². The van der Waals surface area contributed by atoms with Crippen molar-refractivity contribution in [3.05, 3.63) is 53.2 Å². The van der Waals surface area contributed by atoms with Crippen molar-refractivity contribution in [2.75, 3.05) is 26.2 Å². The van der Waals surface area contributed by atoms with Gasteiger partial charge in [-0.1, -0.05) is 0 Å². The van der Waals surface area contributed by atoms with Crippen molar-refractivity contribution in [2.24, 2.45) is 0 Å². The van der Waals surface area contributed by atoms with Crippen LogP contribution in [-0.2, 0) is 6.18 Å². The normalized spacial score (nSPS) is 23.8. The summed E-state index contributed by atoms with van der Waals surface area (Å²) in [5, 5.41) is 0. The van der Waals surface area contributed by atoms with Crippen molar-refractivity contribution in [2.45, 2.75) is 49.9 Å². The average Bonchev–Trinajstić information content (AvgIpc) is 3.58. The highest BCUT2D eigenvalue weighted by molar-refractivity contribution is 5.94. The number of ether oxygens (including phenoxy) is 1. The van der Waals surface area contributed by atoms with Crippen LogP contribution >= 0.6 is 0 Å². The molecule has 0 N–H and O–H groups in total. The number of nitrogens with zero attached hydrogens (tertiary/aromatic N) is 4. The molecule has 0 spiro atoms. The van der Waals surface area contributed by atoms with Crippen molar-refractivity contribution < 1.29 is 27.1 Å². The minimum Gasteiger partial charge on any atom is -0.472 e. The van der Waals surface area contributed by atoms with Crippen LogP contribution in [0.5, 0.6) is 5.88 Å². The predicted octanol–water partition coefficient (Wildman–Crippen LogP) is 3.88. The summed E-state index contributed by atoms with van der Waals surface area (Å²) in [6.07, 6.45) is 2.26. The van der Waals surface area contributed by atoms with Gasteiger partial charge >= 0.3 is 6.18 Å². The SMILES string of the molecule is O=C(c1ccc(C(F)(F)F)c(F)c1)N1CCCN2C[C@@H](Oc3cnc(C4CC4)cn3)C[C@@H]2C1. The molecular weight excluding hydrogens is 440 g/mol. The first-order chi connectivity index (χ1) is 15.8. The molecule has 33 heavy (non-hydrogen) atoms. The van der Waals surface area contributed by atoms with E-state index >= 15 is 0 Å². The molecule has 2 saturated heterocycles. The van der Waals surface area contributed by atoms with Gasteiger partial charge < -0.3 is 9.64 Å². The third-order valence-corrected chi connectivity index (χ3v) is 6.53. The minimum absolute atomic E-state index is 0.0550. The molecule has 3 fully saturated rings. The molecule has 0 bridgehead atoms. The molecule has 1 aromatic heterocycles. The van der Waals surface area contributed by atoms with Crippen LogP contribution in [0.25, 0.3) is 0 Å². The Labute approximate surface area is 188 Å². The lowest BCUT2D eigenvalue weighted by Gasteiger charge is -2.25. The van der Waals surface area contributed by atoms with Gasteiger partial charge in [0.05, 0.1) is 23.7 Å². The average molecular weight is 464 g/mol. The number of carbonyl (C=O) groups excluding carboxylic acids is 1. The minimum atomic E-state index is -4.80. The zero-order chi connectivity index (χ0) is 23.2. The molecule has 10 heteroatoms. The third-order valence-electron chi connectivity index (χ3n) is 6.53. The zero-order valence-corrected chi connectivity index (χ0v) is 17.9. The number of halogens is 4. The van der Waals surface area contributed by atoms with Crippen LogP contribution in [0.3, 0.4) is 0 Å². The maximum absolute atomic E-state index is 14.0. The first-order valence-electron chi connectivity index (χ1n) is 11.2. The Balaban J connectivity index is 1.22. The van der Waals surface area contributed by atoms with Crippen molar-refractivity contribution >= 4 is 5.91 Å². The number of alkyl halides is 3. The Morgan fingerprint density at radius 1 is 1.09 bits per heavy atom. The highest BCUT2D eigenvalue weighted by atomic mass is 19.4. The number of fused-ring (bicyclic) bond motifs is 1. The van der Waals surface area contributed by atoms with Crippen molar-refractivity contribution in [1.82, 2.24) is 19.8 Å². The van der Waals surface area contributed by atoms with E-state index in [4.69, 9.17) is 4.74 Å². The molecule has 2 aromatic rings.